The van der Waals surface area contributed by atoms with Crippen LogP contribution in [-0.4, -0.2) is 51.0 Å². The molecule has 0 aromatic heterocycles. The molecule has 2 aliphatic rings. The predicted octanol–water partition coefficient (Wildman–Crippen LogP) is -0.0939. The summed E-state index contributed by atoms with van der Waals surface area (Å²) in [6.07, 6.45) is 1.94. The van der Waals surface area contributed by atoms with Gasteiger partial charge in [0.1, 0.15) is 6.10 Å². The summed E-state index contributed by atoms with van der Waals surface area (Å²) in [6.45, 7) is 5.91. The highest BCUT2D eigenvalue weighted by atomic mass is 16.5. The van der Waals surface area contributed by atoms with Gasteiger partial charge in [0.2, 0.25) is 5.91 Å². The van der Waals surface area contributed by atoms with Gasteiger partial charge in [-0.15, -0.1) is 0 Å². The van der Waals surface area contributed by atoms with Crippen LogP contribution >= 0.6 is 0 Å². The fourth-order valence-electron chi connectivity index (χ4n) is 1.98. The molecule has 2 aliphatic heterocycles. The molecule has 0 aliphatic carbocycles. The van der Waals surface area contributed by atoms with E-state index in [4.69, 9.17) is 9.47 Å². The van der Waals surface area contributed by atoms with Gasteiger partial charge < -0.3 is 20.1 Å². The van der Waals surface area contributed by atoms with Gasteiger partial charge in [0.25, 0.3) is 0 Å². The van der Waals surface area contributed by atoms with Gasteiger partial charge >= 0.3 is 0 Å². The van der Waals surface area contributed by atoms with Gasteiger partial charge in [-0.25, -0.2) is 0 Å². The van der Waals surface area contributed by atoms with E-state index in [9.17, 15) is 4.79 Å². The number of carbonyl (C=O) groups is 1. The SMILES string of the molecule is CC(OCC1CCCO1)C(=O)NCC1CNC1. The fourth-order valence-corrected chi connectivity index (χ4v) is 1.98. The van der Waals surface area contributed by atoms with Crippen LogP contribution in [0, 0.1) is 5.92 Å². The lowest BCUT2D eigenvalue weighted by atomic mass is 10.0. The molecule has 0 radical (unpaired) electrons. The molecule has 98 valence electrons. The zero-order chi connectivity index (χ0) is 12.1. The largest absolute Gasteiger partial charge is 0.376 e. The predicted molar refractivity (Wildman–Crippen MR) is 63.8 cm³/mol. The molecule has 2 atom stereocenters. The maximum atomic E-state index is 11.7. The molecule has 2 heterocycles. The second kappa shape index (κ2) is 6.33. The van der Waals surface area contributed by atoms with Crippen molar-refractivity contribution in [2.24, 2.45) is 5.92 Å². The number of ether oxygens (including phenoxy) is 2. The van der Waals surface area contributed by atoms with Gasteiger partial charge in [-0.3, -0.25) is 4.79 Å². The molecular weight excluding hydrogens is 220 g/mol. The smallest absolute Gasteiger partial charge is 0.248 e. The summed E-state index contributed by atoms with van der Waals surface area (Å²) in [5.41, 5.74) is 0. The maximum absolute atomic E-state index is 11.7. The monoisotopic (exact) mass is 242 g/mol. The molecule has 2 N–H and O–H groups in total. The first-order valence-electron chi connectivity index (χ1n) is 6.47. The zero-order valence-electron chi connectivity index (χ0n) is 10.4. The lowest BCUT2D eigenvalue weighted by molar-refractivity contribution is -0.134. The van der Waals surface area contributed by atoms with Crippen molar-refractivity contribution in [1.29, 1.82) is 0 Å². The third kappa shape index (κ3) is 3.94. The molecule has 2 unspecified atom stereocenters. The van der Waals surface area contributed by atoms with E-state index in [-0.39, 0.29) is 18.1 Å². The minimum absolute atomic E-state index is 0.0186. The van der Waals surface area contributed by atoms with E-state index >= 15 is 0 Å². The molecular formula is C12H22N2O3. The number of rotatable bonds is 6. The van der Waals surface area contributed by atoms with Crippen molar-refractivity contribution in [3.05, 3.63) is 0 Å². The molecule has 0 spiro atoms. The summed E-state index contributed by atoms with van der Waals surface area (Å²) < 4.78 is 11.0. The number of hydrogen-bond donors (Lipinski definition) is 2. The standard InChI is InChI=1S/C12H22N2O3/c1-9(17-8-11-3-2-4-16-11)12(15)14-7-10-5-13-6-10/h9-11,13H,2-8H2,1H3,(H,14,15). The molecule has 2 rings (SSSR count). The second-order valence-electron chi connectivity index (χ2n) is 4.88. The van der Waals surface area contributed by atoms with Crippen LogP contribution in [0.25, 0.3) is 0 Å². The molecule has 1 amide bonds. The van der Waals surface area contributed by atoms with Crippen LogP contribution in [-0.2, 0) is 14.3 Å². The van der Waals surface area contributed by atoms with Crippen molar-refractivity contribution < 1.29 is 14.3 Å². The van der Waals surface area contributed by atoms with Gasteiger partial charge in [-0.2, -0.15) is 0 Å². The lowest BCUT2D eigenvalue weighted by Gasteiger charge is -2.27. The Balaban J connectivity index is 1.56. The van der Waals surface area contributed by atoms with Crippen molar-refractivity contribution in [2.75, 3.05) is 32.8 Å². The van der Waals surface area contributed by atoms with Crippen LogP contribution in [0.5, 0.6) is 0 Å². The van der Waals surface area contributed by atoms with Crippen molar-refractivity contribution in [3.8, 4) is 0 Å². The van der Waals surface area contributed by atoms with Crippen LogP contribution in [0.2, 0.25) is 0 Å². The molecule has 17 heavy (non-hydrogen) atoms. The quantitative estimate of drug-likeness (QED) is 0.683. The first kappa shape index (κ1) is 12.8. The number of carbonyl (C=O) groups excluding carboxylic acids is 1. The summed E-state index contributed by atoms with van der Waals surface area (Å²) in [4.78, 5) is 11.7. The Labute approximate surface area is 102 Å². The minimum atomic E-state index is -0.382. The summed E-state index contributed by atoms with van der Waals surface area (Å²) in [5.74, 6) is 0.569. The zero-order valence-corrected chi connectivity index (χ0v) is 10.4. The first-order valence-corrected chi connectivity index (χ1v) is 6.47. The molecule has 0 bridgehead atoms. The van der Waals surface area contributed by atoms with Gasteiger partial charge in [0.15, 0.2) is 0 Å². The molecule has 0 aromatic carbocycles. The number of nitrogens with one attached hydrogen (secondary N) is 2. The van der Waals surface area contributed by atoms with E-state index in [0.717, 1.165) is 39.1 Å². The third-order valence-electron chi connectivity index (χ3n) is 3.36. The van der Waals surface area contributed by atoms with Gasteiger partial charge in [0.05, 0.1) is 12.7 Å². The van der Waals surface area contributed by atoms with Gasteiger partial charge in [-0.1, -0.05) is 0 Å². The molecule has 0 saturated carbocycles. The van der Waals surface area contributed by atoms with Gasteiger partial charge in [0, 0.05) is 32.2 Å². The summed E-state index contributed by atoms with van der Waals surface area (Å²) in [7, 11) is 0. The number of hydrogen-bond acceptors (Lipinski definition) is 4. The molecule has 2 fully saturated rings. The molecule has 0 aromatic rings. The highest BCUT2D eigenvalue weighted by Gasteiger charge is 2.21. The normalized spacial score (nSPS) is 26.5. The van der Waals surface area contributed by atoms with Crippen molar-refractivity contribution >= 4 is 5.91 Å². The Morgan fingerprint density at radius 2 is 2.41 bits per heavy atom. The third-order valence-corrected chi connectivity index (χ3v) is 3.36. The van der Waals surface area contributed by atoms with Crippen molar-refractivity contribution in [1.82, 2.24) is 10.6 Å². The van der Waals surface area contributed by atoms with E-state index in [1.807, 2.05) is 0 Å². The van der Waals surface area contributed by atoms with E-state index in [0.29, 0.717) is 12.5 Å². The molecule has 2 saturated heterocycles. The highest BCUT2D eigenvalue weighted by Crippen LogP contribution is 2.12. The second-order valence-corrected chi connectivity index (χ2v) is 4.88. The summed E-state index contributed by atoms with van der Waals surface area (Å²) >= 11 is 0. The van der Waals surface area contributed by atoms with E-state index in [1.165, 1.54) is 0 Å². The van der Waals surface area contributed by atoms with Crippen molar-refractivity contribution in [2.45, 2.75) is 32.0 Å². The Morgan fingerprint density at radius 1 is 1.59 bits per heavy atom. The number of amides is 1. The van der Waals surface area contributed by atoms with Crippen LogP contribution in [0.4, 0.5) is 0 Å². The molecule has 5 nitrogen and oxygen atoms in total. The van der Waals surface area contributed by atoms with E-state index in [1.54, 1.807) is 6.92 Å². The first-order chi connectivity index (χ1) is 8.25. The Kier molecular flexibility index (Phi) is 4.76. The Morgan fingerprint density at radius 3 is 3.00 bits per heavy atom. The Bertz CT molecular complexity index is 250. The summed E-state index contributed by atoms with van der Waals surface area (Å²) in [5, 5.41) is 6.09. The van der Waals surface area contributed by atoms with Crippen LogP contribution in [0.15, 0.2) is 0 Å². The minimum Gasteiger partial charge on any atom is -0.376 e. The maximum Gasteiger partial charge on any atom is 0.248 e. The average Bonchev–Trinajstić information content (AvgIpc) is 2.76. The van der Waals surface area contributed by atoms with Crippen LogP contribution in [0.1, 0.15) is 19.8 Å². The topological polar surface area (TPSA) is 59.6 Å². The van der Waals surface area contributed by atoms with Crippen LogP contribution in [0.3, 0.4) is 0 Å². The lowest BCUT2D eigenvalue weighted by Crippen LogP contribution is -2.49. The van der Waals surface area contributed by atoms with Crippen molar-refractivity contribution in [3.63, 3.8) is 0 Å². The van der Waals surface area contributed by atoms with E-state index in [2.05, 4.69) is 10.6 Å². The van der Waals surface area contributed by atoms with Gasteiger partial charge in [-0.05, 0) is 19.8 Å². The highest BCUT2D eigenvalue weighted by molar-refractivity contribution is 5.80. The summed E-state index contributed by atoms with van der Waals surface area (Å²) in [6, 6.07) is 0. The Hall–Kier alpha value is -0.650. The van der Waals surface area contributed by atoms with Crippen LogP contribution < -0.4 is 10.6 Å². The average molecular weight is 242 g/mol. The molecule has 5 heteroatoms. The van der Waals surface area contributed by atoms with E-state index < -0.39 is 0 Å². The fraction of sp³-hybridized carbons (Fsp3) is 0.917.